The largest absolute Gasteiger partial charge is 0.245 e. The van der Waals surface area contributed by atoms with Crippen LogP contribution in [0.25, 0.3) is 0 Å². The number of hydrogen-bond donors (Lipinski definition) is 0. The summed E-state index contributed by atoms with van der Waals surface area (Å²) in [6.07, 6.45) is -1.72. The highest BCUT2D eigenvalue weighted by molar-refractivity contribution is 5.20. The van der Waals surface area contributed by atoms with Crippen molar-refractivity contribution in [1.29, 1.82) is 0 Å². The lowest BCUT2D eigenvalue weighted by molar-refractivity contribution is 0.104. The molecule has 0 bridgehead atoms. The van der Waals surface area contributed by atoms with Crippen molar-refractivity contribution >= 4 is 0 Å². The van der Waals surface area contributed by atoms with E-state index in [1.165, 1.54) is 0 Å². The molecule has 0 saturated carbocycles. The van der Waals surface area contributed by atoms with Gasteiger partial charge in [0.2, 0.25) is 6.43 Å². The highest BCUT2D eigenvalue weighted by atomic mass is 19.3. The van der Waals surface area contributed by atoms with Crippen LogP contribution >= 0.6 is 0 Å². The molecule has 0 heterocycles. The molecule has 0 spiro atoms. The highest BCUT2D eigenvalue weighted by Crippen LogP contribution is 2.29. The molecule has 0 nitrogen and oxygen atoms in total. The summed E-state index contributed by atoms with van der Waals surface area (Å²) in [5.41, 5.74) is 0.746. The molecule has 0 fully saturated rings. The summed E-state index contributed by atoms with van der Waals surface area (Å²) in [6, 6.07) is 9.02. The third-order valence-corrected chi connectivity index (χ3v) is 2.26. The Hall–Kier alpha value is -0.920. The molecule has 78 valence electrons. The molecule has 1 aromatic carbocycles. The van der Waals surface area contributed by atoms with Crippen molar-refractivity contribution in [3.05, 3.63) is 35.9 Å². The first-order chi connectivity index (χ1) is 6.61. The van der Waals surface area contributed by atoms with Crippen LogP contribution in [0.2, 0.25) is 0 Å². The zero-order valence-electron chi connectivity index (χ0n) is 8.58. The van der Waals surface area contributed by atoms with E-state index in [1.807, 2.05) is 32.0 Å². The van der Waals surface area contributed by atoms with E-state index in [2.05, 4.69) is 0 Å². The van der Waals surface area contributed by atoms with E-state index in [-0.39, 0.29) is 0 Å². The molecule has 1 rings (SSSR count). The number of hydrogen-bond acceptors (Lipinski definition) is 0. The van der Waals surface area contributed by atoms with Crippen molar-refractivity contribution in [1.82, 2.24) is 0 Å². The van der Waals surface area contributed by atoms with Crippen molar-refractivity contribution in [2.45, 2.75) is 32.6 Å². The predicted molar refractivity (Wildman–Crippen MR) is 54.6 cm³/mol. The molecule has 0 aliphatic heterocycles. The molecular formula is C12H16F2. The number of benzene rings is 1. The molecule has 1 aromatic rings. The second kappa shape index (κ2) is 5.08. The van der Waals surface area contributed by atoms with Crippen molar-refractivity contribution < 1.29 is 8.78 Å². The van der Waals surface area contributed by atoms with Gasteiger partial charge in [-0.05, 0) is 17.9 Å². The fourth-order valence-corrected chi connectivity index (χ4v) is 1.59. The van der Waals surface area contributed by atoms with Gasteiger partial charge in [-0.25, -0.2) is 8.78 Å². The molecule has 0 radical (unpaired) electrons. The monoisotopic (exact) mass is 198 g/mol. The Morgan fingerprint density at radius 1 is 1.07 bits per heavy atom. The van der Waals surface area contributed by atoms with Crippen LogP contribution in [0.1, 0.15) is 31.7 Å². The Bertz CT molecular complexity index is 254. The van der Waals surface area contributed by atoms with Crippen LogP contribution in [0.15, 0.2) is 30.3 Å². The van der Waals surface area contributed by atoms with Gasteiger partial charge >= 0.3 is 0 Å². The molecule has 0 amide bonds. The van der Waals surface area contributed by atoms with Gasteiger partial charge in [-0.2, -0.15) is 0 Å². The average molecular weight is 198 g/mol. The lowest BCUT2D eigenvalue weighted by Crippen LogP contribution is -2.11. The van der Waals surface area contributed by atoms with Crippen molar-refractivity contribution in [2.24, 2.45) is 5.92 Å². The lowest BCUT2D eigenvalue weighted by atomic mass is 9.91. The van der Waals surface area contributed by atoms with Gasteiger partial charge in [0, 0.05) is 5.92 Å². The second-order valence-electron chi connectivity index (χ2n) is 3.98. The van der Waals surface area contributed by atoms with Gasteiger partial charge in [0.15, 0.2) is 0 Å². The van der Waals surface area contributed by atoms with E-state index in [9.17, 15) is 8.78 Å². The normalized spacial score (nSPS) is 13.6. The zero-order valence-corrected chi connectivity index (χ0v) is 8.58. The van der Waals surface area contributed by atoms with Crippen LogP contribution < -0.4 is 0 Å². The number of alkyl halides is 2. The molecule has 0 aliphatic carbocycles. The summed E-state index contributed by atoms with van der Waals surface area (Å²) in [4.78, 5) is 0. The van der Waals surface area contributed by atoms with Crippen molar-refractivity contribution in [2.75, 3.05) is 0 Å². The van der Waals surface area contributed by atoms with Crippen molar-refractivity contribution in [3.63, 3.8) is 0 Å². The van der Waals surface area contributed by atoms with E-state index < -0.39 is 12.3 Å². The quantitative estimate of drug-likeness (QED) is 0.683. The third-order valence-electron chi connectivity index (χ3n) is 2.26. The van der Waals surface area contributed by atoms with Crippen LogP contribution in [-0.2, 0) is 0 Å². The molecule has 1 atom stereocenters. The maximum Gasteiger partial charge on any atom is 0.245 e. The first-order valence-electron chi connectivity index (χ1n) is 4.94. The first-order valence-corrected chi connectivity index (χ1v) is 4.94. The summed E-state index contributed by atoms with van der Waals surface area (Å²) in [6.45, 7) is 3.94. The number of halogens is 2. The Morgan fingerprint density at radius 3 is 2.07 bits per heavy atom. The number of rotatable bonds is 4. The van der Waals surface area contributed by atoms with E-state index in [0.717, 1.165) is 5.56 Å². The fourth-order valence-electron chi connectivity index (χ4n) is 1.59. The fraction of sp³-hybridized carbons (Fsp3) is 0.500. The molecule has 0 N–H and O–H groups in total. The van der Waals surface area contributed by atoms with Crippen molar-refractivity contribution in [3.8, 4) is 0 Å². The van der Waals surface area contributed by atoms with Gasteiger partial charge in [0.05, 0.1) is 0 Å². The SMILES string of the molecule is CC(C)C[C@H](c1ccccc1)C(F)F. The van der Waals surface area contributed by atoms with Crippen LogP contribution in [-0.4, -0.2) is 6.43 Å². The van der Waals surface area contributed by atoms with Crippen LogP contribution in [0.5, 0.6) is 0 Å². The second-order valence-corrected chi connectivity index (χ2v) is 3.98. The molecule has 0 saturated heterocycles. The van der Waals surface area contributed by atoms with Gasteiger partial charge in [0.1, 0.15) is 0 Å². The van der Waals surface area contributed by atoms with Gasteiger partial charge in [-0.3, -0.25) is 0 Å². The minimum atomic E-state index is -2.26. The lowest BCUT2D eigenvalue weighted by Gasteiger charge is -2.18. The Labute approximate surface area is 84.0 Å². The summed E-state index contributed by atoms with van der Waals surface area (Å²) >= 11 is 0. The standard InChI is InChI=1S/C12H16F2/c1-9(2)8-11(12(13)14)10-6-4-3-5-7-10/h3-7,9,11-12H,8H2,1-2H3/t11-/m1/s1. The van der Waals surface area contributed by atoms with E-state index in [0.29, 0.717) is 12.3 Å². The molecule has 0 unspecified atom stereocenters. The summed E-state index contributed by atoms with van der Waals surface area (Å²) in [5, 5.41) is 0. The molecule has 0 aromatic heterocycles. The van der Waals surface area contributed by atoms with E-state index >= 15 is 0 Å². The van der Waals surface area contributed by atoms with Crippen LogP contribution in [0.3, 0.4) is 0 Å². The Kier molecular flexibility index (Phi) is 4.05. The van der Waals surface area contributed by atoms with Crippen LogP contribution in [0.4, 0.5) is 8.78 Å². The first kappa shape index (κ1) is 11.2. The smallest absolute Gasteiger partial charge is 0.210 e. The maximum atomic E-state index is 12.7. The van der Waals surface area contributed by atoms with Gasteiger partial charge < -0.3 is 0 Å². The third kappa shape index (κ3) is 3.09. The molecule has 2 heteroatoms. The predicted octanol–water partition coefficient (Wildman–Crippen LogP) is 4.08. The molecule has 14 heavy (non-hydrogen) atoms. The minimum absolute atomic E-state index is 0.300. The summed E-state index contributed by atoms with van der Waals surface area (Å²) < 4.78 is 25.5. The van der Waals surface area contributed by atoms with Gasteiger partial charge in [-0.15, -0.1) is 0 Å². The summed E-state index contributed by atoms with van der Waals surface area (Å²) in [7, 11) is 0. The topological polar surface area (TPSA) is 0 Å². The van der Waals surface area contributed by atoms with Crippen LogP contribution in [0, 0.1) is 5.92 Å². The highest BCUT2D eigenvalue weighted by Gasteiger charge is 2.22. The Morgan fingerprint density at radius 2 is 1.64 bits per heavy atom. The van der Waals surface area contributed by atoms with Gasteiger partial charge in [0.25, 0.3) is 0 Å². The van der Waals surface area contributed by atoms with Gasteiger partial charge in [-0.1, -0.05) is 44.2 Å². The molecule has 0 aliphatic rings. The average Bonchev–Trinajstić information content (AvgIpc) is 2.15. The van der Waals surface area contributed by atoms with E-state index in [4.69, 9.17) is 0 Å². The Balaban J connectivity index is 2.78. The minimum Gasteiger partial charge on any atom is -0.210 e. The van der Waals surface area contributed by atoms with E-state index in [1.54, 1.807) is 12.1 Å². The zero-order chi connectivity index (χ0) is 10.6. The summed E-state index contributed by atoms with van der Waals surface area (Å²) in [5.74, 6) is -0.314. The maximum absolute atomic E-state index is 12.7. The molecular weight excluding hydrogens is 182 g/mol.